The van der Waals surface area contributed by atoms with Crippen LogP contribution in [-0.2, 0) is 9.53 Å². The molecule has 3 aromatic rings. The van der Waals surface area contributed by atoms with E-state index < -0.39 is 18.5 Å². The molecule has 1 aromatic heterocycles. The minimum absolute atomic E-state index is 0.248. The summed E-state index contributed by atoms with van der Waals surface area (Å²) in [6.45, 7) is 5.86. The van der Waals surface area contributed by atoms with Crippen LogP contribution in [0.1, 0.15) is 27.2 Å². The molecule has 30 heavy (non-hydrogen) atoms. The van der Waals surface area contributed by atoms with Crippen molar-refractivity contribution < 1.29 is 23.5 Å². The highest BCUT2D eigenvalue weighted by Gasteiger charge is 2.15. The average Bonchev–Trinajstić information content (AvgIpc) is 2.71. The smallest absolute Gasteiger partial charge is 0.374 e. The lowest BCUT2D eigenvalue weighted by Gasteiger charge is -2.10. The molecule has 0 atom stereocenters. The van der Waals surface area contributed by atoms with Gasteiger partial charge < -0.3 is 19.2 Å². The monoisotopic (exact) mass is 409 g/mol. The number of carbonyl (C=O) groups is 2. The highest BCUT2D eigenvalue weighted by atomic mass is 16.5. The van der Waals surface area contributed by atoms with Crippen molar-refractivity contribution in [3.05, 3.63) is 75.1 Å². The molecule has 3 rings (SSSR count). The first kappa shape index (κ1) is 21.1. The lowest BCUT2D eigenvalue weighted by Crippen LogP contribution is -2.32. The Morgan fingerprint density at radius 1 is 1.00 bits per heavy atom. The summed E-state index contributed by atoms with van der Waals surface area (Å²) < 4.78 is 16.0. The van der Waals surface area contributed by atoms with Crippen LogP contribution in [-0.4, -0.2) is 31.6 Å². The van der Waals surface area contributed by atoms with Crippen molar-refractivity contribution in [3.8, 4) is 5.75 Å². The van der Waals surface area contributed by atoms with Gasteiger partial charge in [0.2, 0.25) is 5.76 Å². The third kappa shape index (κ3) is 5.26. The minimum atomic E-state index is -0.878. The van der Waals surface area contributed by atoms with Gasteiger partial charge in [0, 0.05) is 6.07 Å². The molecule has 0 saturated carbocycles. The fraction of sp³-hybridized carbons (Fsp3) is 0.261. The highest BCUT2D eigenvalue weighted by Crippen LogP contribution is 2.18. The van der Waals surface area contributed by atoms with Crippen LogP contribution in [0.25, 0.3) is 11.0 Å². The Morgan fingerprint density at radius 3 is 2.50 bits per heavy atom. The van der Waals surface area contributed by atoms with E-state index in [1.807, 2.05) is 39.0 Å². The van der Waals surface area contributed by atoms with Gasteiger partial charge in [-0.2, -0.15) is 0 Å². The van der Waals surface area contributed by atoms with Crippen LogP contribution in [0, 0.1) is 20.8 Å². The van der Waals surface area contributed by atoms with Crippen LogP contribution < -0.4 is 15.5 Å². The molecular weight excluding hydrogens is 386 g/mol. The first-order valence-corrected chi connectivity index (χ1v) is 9.52. The van der Waals surface area contributed by atoms with Crippen LogP contribution in [0.4, 0.5) is 0 Å². The molecule has 0 aliphatic heterocycles. The molecule has 7 heteroatoms. The number of ether oxygens (including phenoxy) is 2. The van der Waals surface area contributed by atoms with E-state index in [2.05, 4.69) is 5.32 Å². The maximum absolute atomic E-state index is 12.2. The summed E-state index contributed by atoms with van der Waals surface area (Å²) in [5.41, 5.74) is 3.01. The number of benzene rings is 2. The maximum atomic E-state index is 12.2. The third-order valence-electron chi connectivity index (χ3n) is 4.43. The first-order chi connectivity index (χ1) is 14.3. The number of amides is 1. The fourth-order valence-electron chi connectivity index (χ4n) is 2.94. The Bertz CT molecular complexity index is 1150. The lowest BCUT2D eigenvalue weighted by atomic mass is 10.1. The Labute approximate surface area is 173 Å². The van der Waals surface area contributed by atoms with Crippen molar-refractivity contribution in [2.24, 2.45) is 0 Å². The predicted molar refractivity (Wildman–Crippen MR) is 112 cm³/mol. The number of aryl methyl sites for hydroxylation is 3. The van der Waals surface area contributed by atoms with Crippen molar-refractivity contribution in [2.75, 3.05) is 19.8 Å². The summed E-state index contributed by atoms with van der Waals surface area (Å²) in [5, 5.41) is 2.99. The van der Waals surface area contributed by atoms with E-state index >= 15 is 0 Å². The molecular formula is C23H23NO6. The van der Waals surface area contributed by atoms with Gasteiger partial charge in [-0.3, -0.25) is 9.59 Å². The van der Waals surface area contributed by atoms with Gasteiger partial charge in [-0.25, -0.2) is 4.79 Å². The zero-order valence-electron chi connectivity index (χ0n) is 17.1. The summed E-state index contributed by atoms with van der Waals surface area (Å²) in [6.07, 6.45) is 0. The van der Waals surface area contributed by atoms with E-state index in [1.165, 1.54) is 0 Å². The second-order valence-corrected chi connectivity index (χ2v) is 7.02. The number of hydrogen-bond donors (Lipinski definition) is 1. The molecule has 7 nitrogen and oxygen atoms in total. The molecule has 0 unspecified atom stereocenters. The van der Waals surface area contributed by atoms with Crippen LogP contribution in [0.5, 0.6) is 5.75 Å². The summed E-state index contributed by atoms with van der Waals surface area (Å²) in [4.78, 5) is 36.2. The number of esters is 1. The van der Waals surface area contributed by atoms with Gasteiger partial charge in [-0.15, -0.1) is 0 Å². The van der Waals surface area contributed by atoms with E-state index in [0.29, 0.717) is 5.39 Å². The zero-order valence-corrected chi connectivity index (χ0v) is 17.1. The molecule has 0 radical (unpaired) electrons. The van der Waals surface area contributed by atoms with Crippen molar-refractivity contribution in [3.63, 3.8) is 0 Å². The second kappa shape index (κ2) is 9.26. The van der Waals surface area contributed by atoms with Crippen molar-refractivity contribution in [1.82, 2.24) is 5.32 Å². The average molecular weight is 409 g/mol. The van der Waals surface area contributed by atoms with Crippen molar-refractivity contribution in [2.45, 2.75) is 20.8 Å². The molecule has 156 valence electrons. The van der Waals surface area contributed by atoms with E-state index in [1.54, 1.807) is 18.2 Å². The molecule has 1 N–H and O–H groups in total. The fourth-order valence-corrected chi connectivity index (χ4v) is 2.94. The van der Waals surface area contributed by atoms with Gasteiger partial charge in [-0.1, -0.05) is 29.3 Å². The SMILES string of the molecule is Cc1ccc(OCCNC(=O)COC(=O)c2cc(=O)c3cc(C)ccc3o2)c(C)c1. The zero-order chi connectivity index (χ0) is 21.7. The molecule has 0 saturated heterocycles. The van der Waals surface area contributed by atoms with Crippen molar-refractivity contribution in [1.29, 1.82) is 0 Å². The number of hydrogen-bond acceptors (Lipinski definition) is 6. The maximum Gasteiger partial charge on any atom is 0.374 e. The molecule has 0 aliphatic rings. The largest absolute Gasteiger partial charge is 0.491 e. The lowest BCUT2D eigenvalue weighted by molar-refractivity contribution is -0.124. The van der Waals surface area contributed by atoms with E-state index in [-0.39, 0.29) is 29.9 Å². The van der Waals surface area contributed by atoms with Gasteiger partial charge in [-0.05, 0) is 44.5 Å². The summed E-state index contributed by atoms with van der Waals surface area (Å²) in [7, 11) is 0. The number of rotatable bonds is 7. The van der Waals surface area contributed by atoms with Crippen LogP contribution >= 0.6 is 0 Å². The number of fused-ring (bicyclic) bond motifs is 1. The molecule has 2 aromatic carbocycles. The number of nitrogens with one attached hydrogen (secondary N) is 1. The highest BCUT2D eigenvalue weighted by molar-refractivity contribution is 5.90. The number of carbonyl (C=O) groups excluding carboxylic acids is 2. The first-order valence-electron chi connectivity index (χ1n) is 9.52. The van der Waals surface area contributed by atoms with Crippen LogP contribution in [0.15, 0.2) is 51.7 Å². The Kier molecular flexibility index (Phi) is 6.51. The Hall–Kier alpha value is -3.61. The Balaban J connectivity index is 1.47. The minimum Gasteiger partial charge on any atom is -0.491 e. The van der Waals surface area contributed by atoms with Gasteiger partial charge in [0.05, 0.1) is 11.9 Å². The second-order valence-electron chi connectivity index (χ2n) is 7.02. The van der Waals surface area contributed by atoms with Gasteiger partial charge >= 0.3 is 5.97 Å². The molecule has 1 amide bonds. The molecule has 0 aliphatic carbocycles. The summed E-state index contributed by atoms with van der Waals surface area (Å²) >= 11 is 0. The Morgan fingerprint density at radius 2 is 1.73 bits per heavy atom. The molecule has 0 fully saturated rings. The normalized spacial score (nSPS) is 10.6. The predicted octanol–water partition coefficient (Wildman–Crippen LogP) is 3.07. The summed E-state index contributed by atoms with van der Waals surface area (Å²) in [5.74, 6) is -0.854. The van der Waals surface area contributed by atoms with Gasteiger partial charge in [0.15, 0.2) is 12.0 Å². The van der Waals surface area contributed by atoms with E-state index in [0.717, 1.165) is 28.5 Å². The van der Waals surface area contributed by atoms with Gasteiger partial charge in [0.1, 0.15) is 17.9 Å². The molecule has 1 heterocycles. The standard InChI is InChI=1S/C23H23NO6/c1-14-4-6-19(16(3)10-14)28-9-8-24-22(26)13-29-23(27)21-12-18(25)17-11-15(2)5-7-20(17)30-21/h4-7,10-12H,8-9,13H2,1-3H3,(H,24,26). The van der Waals surface area contributed by atoms with Gasteiger partial charge in [0.25, 0.3) is 5.91 Å². The van der Waals surface area contributed by atoms with Crippen LogP contribution in [0.2, 0.25) is 0 Å². The summed E-state index contributed by atoms with van der Waals surface area (Å²) in [6, 6.07) is 12.0. The third-order valence-corrected chi connectivity index (χ3v) is 4.43. The van der Waals surface area contributed by atoms with E-state index in [4.69, 9.17) is 13.9 Å². The van der Waals surface area contributed by atoms with Crippen molar-refractivity contribution >= 4 is 22.8 Å². The topological polar surface area (TPSA) is 94.8 Å². The molecule has 0 bridgehead atoms. The quantitative estimate of drug-likeness (QED) is 0.476. The molecule has 0 spiro atoms. The van der Waals surface area contributed by atoms with E-state index in [9.17, 15) is 14.4 Å². The van der Waals surface area contributed by atoms with Crippen LogP contribution in [0.3, 0.4) is 0 Å².